The van der Waals surface area contributed by atoms with Gasteiger partial charge in [-0.1, -0.05) is 29.8 Å². The molecule has 4 nitrogen and oxygen atoms in total. The van der Waals surface area contributed by atoms with E-state index in [0.29, 0.717) is 5.02 Å². The molecule has 2 aromatic carbocycles. The summed E-state index contributed by atoms with van der Waals surface area (Å²) >= 11 is 5.98. The maximum Gasteiger partial charge on any atom is 0.0902 e. The van der Waals surface area contributed by atoms with E-state index in [1.165, 1.54) is 0 Å². The summed E-state index contributed by atoms with van der Waals surface area (Å²) in [6.07, 6.45) is 7.55. The molecule has 0 fully saturated rings. The van der Waals surface area contributed by atoms with Gasteiger partial charge in [-0.25, -0.2) is 9.67 Å². The van der Waals surface area contributed by atoms with E-state index in [1.54, 1.807) is 6.20 Å². The van der Waals surface area contributed by atoms with Crippen molar-refractivity contribution in [2.24, 2.45) is 0 Å². The molecule has 2 aromatic heterocycles. The van der Waals surface area contributed by atoms with Gasteiger partial charge in [0.15, 0.2) is 0 Å². The van der Waals surface area contributed by atoms with Crippen molar-refractivity contribution in [2.75, 3.05) is 0 Å². The molecule has 0 bridgehead atoms. The zero-order valence-corrected chi connectivity index (χ0v) is 14.4. The Kier molecular flexibility index (Phi) is 4.04. The lowest BCUT2D eigenvalue weighted by Crippen LogP contribution is -1.98. The molecule has 0 spiro atoms. The third-order valence-electron chi connectivity index (χ3n) is 4.01. The number of nitrogens with zero attached hydrogens (tertiary/aromatic N) is 4. The minimum atomic E-state index is 0.661. The average molecular weight is 347 g/mol. The van der Waals surface area contributed by atoms with Crippen LogP contribution >= 0.6 is 11.6 Å². The van der Waals surface area contributed by atoms with Crippen molar-refractivity contribution in [3.8, 4) is 5.69 Å². The molecule has 0 aliphatic heterocycles. The highest BCUT2D eigenvalue weighted by atomic mass is 35.5. The van der Waals surface area contributed by atoms with Crippen LogP contribution < -0.4 is 0 Å². The van der Waals surface area contributed by atoms with Gasteiger partial charge < -0.3 is 0 Å². The summed E-state index contributed by atoms with van der Waals surface area (Å²) in [5.74, 6) is 0. The Morgan fingerprint density at radius 2 is 1.80 bits per heavy atom. The van der Waals surface area contributed by atoms with Crippen LogP contribution in [-0.4, -0.2) is 19.7 Å². The summed E-state index contributed by atoms with van der Waals surface area (Å²) in [7, 11) is 0. The largest absolute Gasteiger partial charge is 0.252 e. The van der Waals surface area contributed by atoms with Crippen LogP contribution in [0, 0.1) is 6.92 Å². The Morgan fingerprint density at radius 1 is 0.960 bits per heavy atom. The van der Waals surface area contributed by atoms with Crippen molar-refractivity contribution in [2.45, 2.75) is 6.92 Å². The Morgan fingerprint density at radius 3 is 2.64 bits per heavy atom. The van der Waals surface area contributed by atoms with Gasteiger partial charge in [-0.05, 0) is 49.4 Å². The number of para-hydroxylation sites is 1. The molecule has 2 heterocycles. The molecule has 122 valence electrons. The number of aromatic nitrogens is 4. The number of hydrogen-bond donors (Lipinski definition) is 0. The van der Waals surface area contributed by atoms with Crippen LogP contribution in [0.2, 0.25) is 5.02 Å². The molecule has 25 heavy (non-hydrogen) atoms. The predicted octanol–water partition coefficient (Wildman–Crippen LogP) is 4.95. The minimum Gasteiger partial charge on any atom is -0.252 e. The van der Waals surface area contributed by atoms with E-state index in [-0.39, 0.29) is 0 Å². The smallest absolute Gasteiger partial charge is 0.0902 e. The van der Waals surface area contributed by atoms with Gasteiger partial charge in [-0.2, -0.15) is 5.10 Å². The van der Waals surface area contributed by atoms with Crippen molar-refractivity contribution >= 4 is 34.8 Å². The molecular formula is C20H15ClN4. The van der Waals surface area contributed by atoms with Crippen molar-refractivity contribution in [3.05, 3.63) is 82.9 Å². The number of halogens is 1. The monoisotopic (exact) mass is 346 g/mol. The molecule has 0 saturated heterocycles. The van der Waals surface area contributed by atoms with E-state index in [2.05, 4.69) is 15.1 Å². The number of benzene rings is 2. The lowest BCUT2D eigenvalue weighted by atomic mass is 10.2. The third-order valence-corrected chi connectivity index (χ3v) is 4.24. The van der Waals surface area contributed by atoms with Crippen LogP contribution in [0.3, 0.4) is 0 Å². The van der Waals surface area contributed by atoms with Crippen LogP contribution in [0.1, 0.15) is 17.0 Å². The van der Waals surface area contributed by atoms with Crippen LogP contribution in [0.25, 0.3) is 28.9 Å². The van der Waals surface area contributed by atoms with E-state index in [9.17, 15) is 0 Å². The van der Waals surface area contributed by atoms with Gasteiger partial charge in [0.1, 0.15) is 0 Å². The second kappa shape index (κ2) is 6.49. The van der Waals surface area contributed by atoms with Crippen LogP contribution in [0.4, 0.5) is 0 Å². The standard InChI is InChI=1S/C20H15ClN4/c1-14-15(12-23-25(14)18-5-3-2-4-6-18)7-9-17-13-22-20-11-16(21)8-10-19(20)24-17/h2-13H,1H3/b9-7+. The van der Waals surface area contributed by atoms with E-state index in [0.717, 1.165) is 33.7 Å². The molecule has 4 aromatic rings. The zero-order chi connectivity index (χ0) is 17.2. The maximum absolute atomic E-state index is 5.98. The van der Waals surface area contributed by atoms with Crippen molar-refractivity contribution in [3.63, 3.8) is 0 Å². The van der Waals surface area contributed by atoms with Crippen LogP contribution in [0.15, 0.2) is 60.9 Å². The molecule has 0 radical (unpaired) electrons. The van der Waals surface area contributed by atoms with Gasteiger partial charge >= 0.3 is 0 Å². The van der Waals surface area contributed by atoms with Crippen LogP contribution in [-0.2, 0) is 0 Å². The lowest BCUT2D eigenvalue weighted by molar-refractivity contribution is 0.847. The van der Waals surface area contributed by atoms with Crippen molar-refractivity contribution in [1.29, 1.82) is 0 Å². The van der Waals surface area contributed by atoms with Gasteiger partial charge in [0.2, 0.25) is 0 Å². The molecular weight excluding hydrogens is 332 g/mol. The Bertz CT molecular complexity index is 1070. The fourth-order valence-electron chi connectivity index (χ4n) is 2.67. The van der Waals surface area contributed by atoms with Gasteiger partial charge in [-0.3, -0.25) is 4.98 Å². The number of hydrogen-bond acceptors (Lipinski definition) is 3. The second-order valence-corrected chi connectivity index (χ2v) is 6.13. The molecule has 5 heteroatoms. The minimum absolute atomic E-state index is 0.661. The summed E-state index contributed by atoms with van der Waals surface area (Å²) in [6.45, 7) is 2.05. The molecule has 0 saturated carbocycles. The highest BCUT2D eigenvalue weighted by molar-refractivity contribution is 6.31. The summed E-state index contributed by atoms with van der Waals surface area (Å²) < 4.78 is 1.92. The molecule has 0 aliphatic carbocycles. The first-order valence-electron chi connectivity index (χ1n) is 7.91. The van der Waals surface area contributed by atoms with E-state index in [1.807, 2.05) is 78.5 Å². The van der Waals surface area contributed by atoms with E-state index in [4.69, 9.17) is 11.6 Å². The first kappa shape index (κ1) is 15.5. The summed E-state index contributed by atoms with van der Waals surface area (Å²) in [6, 6.07) is 15.6. The van der Waals surface area contributed by atoms with Crippen molar-refractivity contribution < 1.29 is 0 Å². The molecule has 0 atom stereocenters. The van der Waals surface area contributed by atoms with Crippen LogP contribution in [0.5, 0.6) is 0 Å². The van der Waals surface area contributed by atoms with Crippen molar-refractivity contribution in [1.82, 2.24) is 19.7 Å². The fourth-order valence-corrected chi connectivity index (χ4v) is 2.84. The topological polar surface area (TPSA) is 43.6 Å². The summed E-state index contributed by atoms with van der Waals surface area (Å²) in [5.41, 5.74) is 5.56. The highest BCUT2D eigenvalue weighted by Crippen LogP contribution is 2.18. The SMILES string of the molecule is Cc1c(/C=C/c2cnc3cc(Cl)ccc3n2)cnn1-c1ccccc1. The second-order valence-electron chi connectivity index (χ2n) is 5.69. The predicted molar refractivity (Wildman–Crippen MR) is 102 cm³/mol. The third kappa shape index (κ3) is 3.16. The molecule has 0 N–H and O–H groups in total. The maximum atomic E-state index is 5.98. The molecule has 0 unspecified atom stereocenters. The Balaban J connectivity index is 1.64. The Labute approximate surface area is 150 Å². The quantitative estimate of drug-likeness (QED) is 0.527. The molecule has 4 rings (SSSR count). The zero-order valence-electron chi connectivity index (χ0n) is 13.6. The summed E-state index contributed by atoms with van der Waals surface area (Å²) in [5, 5.41) is 5.13. The van der Waals surface area contributed by atoms with Gasteiger partial charge in [0.05, 0.1) is 34.8 Å². The lowest BCUT2D eigenvalue weighted by Gasteiger charge is -2.03. The highest BCUT2D eigenvalue weighted by Gasteiger charge is 2.05. The number of fused-ring (bicyclic) bond motifs is 1. The van der Waals surface area contributed by atoms with E-state index >= 15 is 0 Å². The number of rotatable bonds is 3. The van der Waals surface area contributed by atoms with E-state index < -0.39 is 0 Å². The normalized spacial score (nSPS) is 11.4. The summed E-state index contributed by atoms with van der Waals surface area (Å²) in [4.78, 5) is 9.00. The Hall–Kier alpha value is -2.98. The first-order chi connectivity index (χ1) is 12.2. The average Bonchev–Trinajstić information content (AvgIpc) is 3.01. The van der Waals surface area contributed by atoms with Gasteiger partial charge in [0.25, 0.3) is 0 Å². The van der Waals surface area contributed by atoms with Gasteiger partial charge in [0, 0.05) is 16.3 Å². The van der Waals surface area contributed by atoms with Gasteiger partial charge in [-0.15, -0.1) is 0 Å². The first-order valence-corrected chi connectivity index (χ1v) is 8.29. The molecule has 0 aliphatic rings. The molecule has 0 amide bonds. The fraction of sp³-hybridized carbons (Fsp3) is 0.0500.